The maximum atomic E-state index is 9.81. The summed E-state index contributed by atoms with van der Waals surface area (Å²) in [6.07, 6.45) is 7.13. The summed E-state index contributed by atoms with van der Waals surface area (Å²) in [5.74, 6) is 0. The molecule has 0 bridgehead atoms. The van der Waals surface area contributed by atoms with Gasteiger partial charge in [-0.1, -0.05) is 0 Å². The monoisotopic (exact) mass is 458 g/mol. The number of rotatable bonds is 0. The van der Waals surface area contributed by atoms with Gasteiger partial charge in [-0.25, -0.2) is 0 Å². The molecule has 152 valence electrons. The predicted molar refractivity (Wildman–Crippen MR) is 93.7 cm³/mol. The average Bonchev–Trinajstić information content (AvgIpc) is 2.39. The van der Waals surface area contributed by atoms with Crippen LogP contribution in [0.25, 0.3) is 0 Å². The van der Waals surface area contributed by atoms with Crippen LogP contribution in [0.3, 0.4) is 0 Å². The van der Waals surface area contributed by atoms with Crippen LogP contribution in [0.1, 0.15) is 6.42 Å². The van der Waals surface area contributed by atoms with Gasteiger partial charge in [-0.15, -0.1) is 0 Å². The van der Waals surface area contributed by atoms with Crippen molar-refractivity contribution in [3.05, 3.63) is 22.7 Å². The Balaban J connectivity index is -0.000000245. The molecule has 1 aliphatic rings. The molecule has 0 aromatic heterocycles. The van der Waals surface area contributed by atoms with Gasteiger partial charge in [0, 0.05) is 0 Å². The van der Waals surface area contributed by atoms with Crippen LogP contribution in [0.2, 0.25) is 0 Å². The van der Waals surface area contributed by atoms with Crippen LogP contribution in [0.5, 0.6) is 0 Å². The van der Waals surface area contributed by atoms with Crippen molar-refractivity contribution in [2.75, 3.05) is 40.0 Å². The van der Waals surface area contributed by atoms with Gasteiger partial charge in [0.05, 0.1) is 0 Å². The summed E-state index contributed by atoms with van der Waals surface area (Å²) in [6.45, 7) is 5.59. The van der Waals surface area contributed by atoms with E-state index in [0.717, 1.165) is 50.9 Å². The summed E-state index contributed by atoms with van der Waals surface area (Å²) in [4.78, 5) is 77.0. The fourth-order valence-electron chi connectivity index (χ4n) is 0.412. The first kappa shape index (κ1) is 29.7. The zero-order valence-corrected chi connectivity index (χ0v) is 18.3. The van der Waals surface area contributed by atoms with Gasteiger partial charge in [0.2, 0.25) is 0 Å². The Hall–Kier alpha value is 0.916. The fourth-order valence-corrected chi connectivity index (χ4v) is 0.634. The van der Waals surface area contributed by atoms with Crippen LogP contribution < -0.4 is 9.79 Å². The molecular formula is C11H30CoO9P3. The van der Waals surface area contributed by atoms with E-state index in [1.54, 1.807) is 0 Å². The molecule has 0 aliphatic heterocycles. The summed E-state index contributed by atoms with van der Waals surface area (Å²) in [5.41, 5.74) is 0. The minimum absolute atomic E-state index is 0.783. The molecule has 0 spiro atoms. The molecule has 0 atom stereocenters. The van der Waals surface area contributed by atoms with Gasteiger partial charge in [0.1, 0.15) is 0 Å². The molecule has 0 saturated carbocycles. The van der Waals surface area contributed by atoms with Crippen LogP contribution in [-0.4, -0.2) is 74.2 Å². The molecule has 0 radical (unpaired) electrons. The van der Waals surface area contributed by atoms with Gasteiger partial charge in [0.25, 0.3) is 0 Å². The van der Waals surface area contributed by atoms with E-state index in [0.29, 0.717) is 0 Å². The molecule has 1 rings (SSSR count). The van der Waals surface area contributed by atoms with E-state index in [-0.39, 0.29) is 0 Å². The Kier molecular flexibility index (Phi) is 10.8. The molecular weight excluding hydrogens is 428 g/mol. The summed E-state index contributed by atoms with van der Waals surface area (Å²) in [6, 6.07) is 0. The molecule has 13 heteroatoms. The normalized spacial score (nSPS) is 19.0. The second-order valence-electron chi connectivity index (χ2n) is 6.86. The summed E-state index contributed by atoms with van der Waals surface area (Å²) in [5, 5.41) is 0. The Labute approximate surface area is 151 Å². The molecule has 0 aromatic carbocycles. The van der Waals surface area contributed by atoms with Gasteiger partial charge < -0.3 is 0 Å². The van der Waals surface area contributed by atoms with Crippen molar-refractivity contribution in [2.45, 2.75) is 6.42 Å². The predicted octanol–water partition coefficient (Wildman–Crippen LogP) is -1.32. The third kappa shape index (κ3) is 176. The molecule has 0 aromatic rings. The zero-order chi connectivity index (χ0) is 20.7. The van der Waals surface area contributed by atoms with Crippen LogP contribution in [-0.2, 0) is 15.7 Å². The maximum absolute atomic E-state index is 9.81. The summed E-state index contributed by atoms with van der Waals surface area (Å²) >= 11 is 4.14. The van der Waals surface area contributed by atoms with Crippen LogP contribution >= 0.6 is 21.9 Å². The third-order valence-corrected chi connectivity index (χ3v) is 1.10. The van der Waals surface area contributed by atoms with Gasteiger partial charge >= 0.3 is 151 Å². The van der Waals surface area contributed by atoms with Crippen molar-refractivity contribution in [1.82, 2.24) is 0 Å². The first-order valence-electron chi connectivity index (χ1n) is 6.33. The minimum atomic E-state index is -4.55. The Bertz CT molecular complexity index is 362. The second kappa shape index (κ2) is 8.74. The van der Waals surface area contributed by atoms with Crippen molar-refractivity contribution in [3.8, 4) is 0 Å². The molecule has 0 unspecified atom stereocenters. The Morgan fingerprint density at radius 1 is 0.792 bits per heavy atom. The number of hydrogen-bond donors (Lipinski definition) is 7. The van der Waals surface area contributed by atoms with E-state index in [1.807, 2.05) is 12.2 Å². The average molecular weight is 458 g/mol. The first-order valence-corrected chi connectivity index (χ1v) is 15.7. The second-order valence-corrected chi connectivity index (χ2v) is 18.8. The molecule has 9 nitrogen and oxygen atoms in total. The van der Waals surface area contributed by atoms with Crippen LogP contribution in [0.4, 0.5) is 0 Å². The molecule has 0 fully saturated rings. The SMILES string of the molecule is CP(C)(O)(O)O.CP(C)(O)(O)O.CP(C)([O-])([O-])O.[Co+2][C]1=CC=CC1. The molecule has 7 N–H and O–H groups in total. The van der Waals surface area contributed by atoms with Crippen molar-refractivity contribution in [3.63, 3.8) is 0 Å². The van der Waals surface area contributed by atoms with E-state index in [9.17, 15) is 9.79 Å². The van der Waals surface area contributed by atoms with E-state index in [2.05, 4.69) is 21.8 Å². The van der Waals surface area contributed by atoms with Gasteiger partial charge in [-0.05, 0) is 0 Å². The quantitative estimate of drug-likeness (QED) is 0.216. The molecule has 0 amide bonds. The van der Waals surface area contributed by atoms with E-state index >= 15 is 0 Å². The van der Waals surface area contributed by atoms with E-state index in [4.69, 9.17) is 34.3 Å². The zero-order valence-electron chi connectivity index (χ0n) is 14.6. The van der Waals surface area contributed by atoms with Crippen molar-refractivity contribution in [2.24, 2.45) is 0 Å². The molecule has 1 aliphatic carbocycles. The van der Waals surface area contributed by atoms with E-state index in [1.165, 1.54) is 0 Å². The van der Waals surface area contributed by atoms with Crippen LogP contribution in [0.15, 0.2) is 22.7 Å². The summed E-state index contributed by atoms with van der Waals surface area (Å²) in [7, 11) is -12.6. The summed E-state index contributed by atoms with van der Waals surface area (Å²) < 4.78 is 1.16. The molecule has 24 heavy (non-hydrogen) atoms. The Morgan fingerprint density at radius 3 is 1.04 bits per heavy atom. The third-order valence-electron chi connectivity index (χ3n) is 0.709. The fraction of sp³-hybridized carbons (Fsp3) is 0.636. The number of hydrogen-bond acceptors (Lipinski definition) is 9. The molecule has 0 heterocycles. The van der Waals surface area contributed by atoms with Crippen molar-refractivity contribution in [1.29, 1.82) is 0 Å². The first-order chi connectivity index (χ1) is 9.60. The van der Waals surface area contributed by atoms with Crippen molar-refractivity contribution < 1.29 is 59.8 Å². The molecule has 0 saturated heterocycles. The van der Waals surface area contributed by atoms with Gasteiger partial charge in [-0.3, -0.25) is 0 Å². The van der Waals surface area contributed by atoms with Crippen molar-refractivity contribution >= 4 is 21.9 Å². The van der Waals surface area contributed by atoms with Gasteiger partial charge in [0.15, 0.2) is 0 Å². The van der Waals surface area contributed by atoms with Crippen LogP contribution in [0, 0.1) is 0 Å². The van der Waals surface area contributed by atoms with Gasteiger partial charge in [-0.2, -0.15) is 0 Å². The Morgan fingerprint density at radius 2 is 1.00 bits per heavy atom. The standard InChI is InChI=1S/C5H5.2C2H9O3P.C2H7O3P.Co/c1-2-4-5-3-1;3*1-6(2,3,4)5;/h1-3H,4H2;2*3-5H,1-2H3;3H,1-2H3;/q;;;-2;+2. The van der Waals surface area contributed by atoms with E-state index < -0.39 is 21.9 Å². The topological polar surface area (TPSA) is 188 Å². The number of allylic oxidation sites excluding steroid dienone is 4.